The van der Waals surface area contributed by atoms with E-state index in [9.17, 15) is 18.0 Å². The monoisotopic (exact) mass is 380 g/mol. The van der Waals surface area contributed by atoms with Gasteiger partial charge >= 0.3 is 12.2 Å². The smallest absolute Gasteiger partial charge is 0.416 e. The van der Waals surface area contributed by atoms with E-state index in [2.05, 4.69) is 5.32 Å². The molecule has 0 saturated carbocycles. The molecule has 8 heteroatoms. The number of anilines is 1. The van der Waals surface area contributed by atoms with E-state index in [0.717, 1.165) is 23.3 Å². The lowest BCUT2D eigenvalue weighted by Crippen LogP contribution is -2.38. The predicted octanol–water partition coefficient (Wildman–Crippen LogP) is 4.31. The van der Waals surface area contributed by atoms with Gasteiger partial charge in [-0.05, 0) is 53.9 Å². The molecule has 27 heavy (non-hydrogen) atoms. The number of carbonyl (C=O) groups excluding carboxylic acids is 1. The van der Waals surface area contributed by atoms with Crippen molar-refractivity contribution in [2.75, 3.05) is 26.1 Å². The molecule has 2 amide bonds. The van der Waals surface area contributed by atoms with Crippen molar-refractivity contribution in [3.05, 3.63) is 53.1 Å². The third-order valence-electron chi connectivity index (χ3n) is 4.47. The summed E-state index contributed by atoms with van der Waals surface area (Å²) in [5, 5.41) is 2.64. The van der Waals surface area contributed by atoms with E-state index in [4.69, 9.17) is 9.47 Å². The van der Waals surface area contributed by atoms with Crippen LogP contribution in [0.5, 0.6) is 11.5 Å². The second-order valence-electron chi connectivity index (χ2n) is 6.15. The molecule has 1 aliphatic heterocycles. The lowest BCUT2D eigenvalue weighted by Gasteiger charge is -2.29. The fourth-order valence-corrected chi connectivity index (χ4v) is 3.00. The highest BCUT2D eigenvalue weighted by Crippen LogP contribution is 2.33. The minimum atomic E-state index is -4.40. The van der Waals surface area contributed by atoms with Crippen LogP contribution in [0.3, 0.4) is 0 Å². The maximum atomic E-state index is 12.6. The molecule has 144 valence electrons. The molecule has 1 heterocycles. The van der Waals surface area contributed by atoms with E-state index in [1.807, 2.05) is 12.1 Å². The number of methoxy groups -OCH3 is 2. The van der Waals surface area contributed by atoms with Crippen LogP contribution < -0.4 is 14.8 Å². The normalized spacial score (nSPS) is 13.7. The van der Waals surface area contributed by atoms with E-state index in [1.54, 1.807) is 19.1 Å². The molecule has 0 bridgehead atoms. The molecule has 0 spiro atoms. The Hall–Kier alpha value is -2.90. The van der Waals surface area contributed by atoms with Crippen molar-refractivity contribution in [2.24, 2.45) is 0 Å². The van der Waals surface area contributed by atoms with E-state index in [1.165, 1.54) is 12.1 Å². The zero-order valence-corrected chi connectivity index (χ0v) is 14.9. The average molecular weight is 380 g/mol. The topological polar surface area (TPSA) is 50.8 Å². The lowest BCUT2D eigenvalue weighted by molar-refractivity contribution is -0.137. The van der Waals surface area contributed by atoms with Gasteiger partial charge in [-0.25, -0.2) is 4.79 Å². The minimum Gasteiger partial charge on any atom is -0.493 e. The van der Waals surface area contributed by atoms with Gasteiger partial charge in [0.25, 0.3) is 0 Å². The van der Waals surface area contributed by atoms with Gasteiger partial charge in [0.1, 0.15) is 0 Å². The Morgan fingerprint density at radius 1 is 1.04 bits per heavy atom. The first kappa shape index (κ1) is 18.9. The molecule has 3 rings (SSSR count). The number of hydrogen-bond donors (Lipinski definition) is 1. The zero-order valence-electron chi connectivity index (χ0n) is 14.9. The number of fused-ring (bicyclic) bond motifs is 1. The van der Waals surface area contributed by atoms with Gasteiger partial charge in [0.15, 0.2) is 11.5 Å². The summed E-state index contributed by atoms with van der Waals surface area (Å²) in [5.41, 5.74) is 1.58. The summed E-state index contributed by atoms with van der Waals surface area (Å²) in [4.78, 5) is 14.1. The van der Waals surface area contributed by atoms with Gasteiger partial charge < -0.3 is 19.7 Å². The first-order chi connectivity index (χ1) is 12.8. The highest BCUT2D eigenvalue weighted by Gasteiger charge is 2.30. The van der Waals surface area contributed by atoms with Crippen molar-refractivity contribution in [1.29, 1.82) is 0 Å². The number of urea groups is 1. The lowest BCUT2D eigenvalue weighted by atomic mass is 9.99. The molecule has 0 aromatic heterocycles. The molecule has 1 N–H and O–H groups in total. The molecule has 0 radical (unpaired) electrons. The van der Waals surface area contributed by atoms with Crippen LogP contribution in [0.15, 0.2) is 36.4 Å². The Labute approximate surface area is 154 Å². The van der Waals surface area contributed by atoms with Gasteiger partial charge in [0.2, 0.25) is 0 Å². The maximum absolute atomic E-state index is 12.6. The average Bonchev–Trinajstić information content (AvgIpc) is 2.66. The van der Waals surface area contributed by atoms with Gasteiger partial charge in [-0.3, -0.25) is 0 Å². The number of benzene rings is 2. The molecule has 0 unspecified atom stereocenters. The first-order valence-electron chi connectivity index (χ1n) is 8.29. The zero-order chi connectivity index (χ0) is 19.6. The molecular weight excluding hydrogens is 361 g/mol. The molecule has 5 nitrogen and oxygen atoms in total. The van der Waals surface area contributed by atoms with Crippen LogP contribution in [0.1, 0.15) is 16.7 Å². The van der Waals surface area contributed by atoms with Crippen molar-refractivity contribution < 1.29 is 27.4 Å². The number of carbonyl (C=O) groups is 1. The number of hydrogen-bond acceptors (Lipinski definition) is 3. The predicted molar refractivity (Wildman–Crippen MR) is 94.1 cm³/mol. The van der Waals surface area contributed by atoms with E-state index < -0.39 is 11.7 Å². The highest BCUT2D eigenvalue weighted by atomic mass is 19.4. The fourth-order valence-electron chi connectivity index (χ4n) is 3.00. The Morgan fingerprint density at radius 3 is 2.19 bits per heavy atom. The van der Waals surface area contributed by atoms with Crippen LogP contribution in [0, 0.1) is 0 Å². The Bertz CT molecular complexity index is 835. The molecule has 1 aliphatic rings. The second-order valence-corrected chi connectivity index (χ2v) is 6.15. The summed E-state index contributed by atoms with van der Waals surface area (Å²) >= 11 is 0. The van der Waals surface area contributed by atoms with Crippen LogP contribution in [-0.4, -0.2) is 31.7 Å². The van der Waals surface area contributed by atoms with Crippen LogP contribution in [-0.2, 0) is 19.1 Å². The van der Waals surface area contributed by atoms with Gasteiger partial charge in [-0.1, -0.05) is 0 Å². The largest absolute Gasteiger partial charge is 0.493 e. The molecule has 0 atom stereocenters. The van der Waals surface area contributed by atoms with Crippen LogP contribution in [0.25, 0.3) is 0 Å². The number of alkyl halides is 3. The van der Waals surface area contributed by atoms with Crippen molar-refractivity contribution >= 4 is 11.7 Å². The summed E-state index contributed by atoms with van der Waals surface area (Å²) in [5.74, 6) is 1.22. The Kier molecular flexibility index (Phi) is 5.16. The number of nitrogens with one attached hydrogen (secondary N) is 1. The molecule has 2 aromatic carbocycles. The van der Waals surface area contributed by atoms with Crippen molar-refractivity contribution in [3.63, 3.8) is 0 Å². The Morgan fingerprint density at radius 2 is 1.63 bits per heavy atom. The minimum absolute atomic E-state index is 0.311. The van der Waals surface area contributed by atoms with Crippen LogP contribution in [0.2, 0.25) is 0 Å². The number of rotatable bonds is 3. The van der Waals surface area contributed by atoms with E-state index >= 15 is 0 Å². The van der Waals surface area contributed by atoms with Crippen molar-refractivity contribution in [2.45, 2.75) is 19.1 Å². The molecule has 0 aliphatic carbocycles. The standard InChI is InChI=1S/C19H19F3N2O3/c1-26-16-9-12-7-8-24(11-13(12)10-17(16)27-2)18(25)23-15-5-3-14(4-6-15)19(20,21)22/h3-6,9-10H,7-8,11H2,1-2H3,(H,23,25). The summed E-state index contributed by atoms with van der Waals surface area (Å²) < 4.78 is 48.4. The highest BCUT2D eigenvalue weighted by molar-refractivity contribution is 5.89. The fraction of sp³-hybridized carbons (Fsp3) is 0.316. The molecule has 0 saturated heterocycles. The second kappa shape index (κ2) is 7.38. The number of amides is 2. The Balaban J connectivity index is 1.70. The summed E-state index contributed by atoms with van der Waals surface area (Å²) in [6, 6.07) is 7.75. The van der Waals surface area contributed by atoms with E-state index in [0.29, 0.717) is 36.7 Å². The van der Waals surface area contributed by atoms with Gasteiger partial charge in [0, 0.05) is 18.8 Å². The summed E-state index contributed by atoms with van der Waals surface area (Å²) in [7, 11) is 3.11. The van der Waals surface area contributed by atoms with Crippen LogP contribution in [0.4, 0.5) is 23.7 Å². The summed E-state index contributed by atoms with van der Waals surface area (Å²) in [6.45, 7) is 0.872. The number of ether oxygens (including phenoxy) is 2. The third-order valence-corrected chi connectivity index (χ3v) is 4.47. The van der Waals surface area contributed by atoms with Crippen molar-refractivity contribution in [3.8, 4) is 11.5 Å². The quantitative estimate of drug-likeness (QED) is 0.863. The van der Waals surface area contributed by atoms with E-state index in [-0.39, 0.29) is 6.03 Å². The molecular formula is C19H19F3N2O3. The van der Waals surface area contributed by atoms with Gasteiger partial charge in [-0.2, -0.15) is 13.2 Å². The molecule has 2 aromatic rings. The van der Waals surface area contributed by atoms with Crippen molar-refractivity contribution in [1.82, 2.24) is 4.90 Å². The molecule has 0 fully saturated rings. The SMILES string of the molecule is COc1cc2c(cc1OC)CN(C(=O)Nc1ccc(C(F)(F)F)cc1)CC2. The van der Waals surface area contributed by atoms with Gasteiger partial charge in [-0.15, -0.1) is 0 Å². The third kappa shape index (κ3) is 4.10. The maximum Gasteiger partial charge on any atom is 0.416 e. The van der Waals surface area contributed by atoms with Crippen LogP contribution >= 0.6 is 0 Å². The number of halogens is 3. The first-order valence-corrected chi connectivity index (χ1v) is 8.29. The number of nitrogens with zero attached hydrogens (tertiary/aromatic N) is 1. The van der Waals surface area contributed by atoms with Gasteiger partial charge in [0.05, 0.1) is 19.8 Å². The summed E-state index contributed by atoms with van der Waals surface area (Å²) in [6.07, 6.45) is -3.75.